The first kappa shape index (κ1) is 16.2. The minimum absolute atomic E-state index is 0.714. The van der Waals surface area contributed by atoms with Gasteiger partial charge in [0.15, 0.2) is 0 Å². The van der Waals surface area contributed by atoms with Crippen molar-refractivity contribution >= 4 is 8.56 Å². The fourth-order valence-corrected chi connectivity index (χ4v) is 7.13. The monoisotopic (exact) mass is 272 g/mol. The first-order valence-corrected chi connectivity index (χ1v) is 9.85. The normalized spacial score (nSPS) is 19.8. The van der Waals surface area contributed by atoms with Crippen LogP contribution in [0.15, 0.2) is 0 Å². The van der Waals surface area contributed by atoms with Crippen LogP contribution in [0.4, 0.5) is 0 Å². The number of rotatable bonds is 6. The molecule has 1 saturated carbocycles. The predicted molar refractivity (Wildman–Crippen MR) is 80.1 cm³/mol. The Morgan fingerprint density at radius 2 is 1.44 bits per heavy atom. The second-order valence-corrected chi connectivity index (χ2v) is 9.95. The summed E-state index contributed by atoms with van der Waals surface area (Å²) >= 11 is 0. The first-order valence-electron chi connectivity index (χ1n) is 7.75. The molecule has 2 nitrogen and oxygen atoms in total. The van der Waals surface area contributed by atoms with Gasteiger partial charge >= 0.3 is 8.56 Å². The Hall–Kier alpha value is 0.137. The molecule has 0 aromatic heterocycles. The molecule has 0 N–H and O–H groups in total. The molecule has 1 rings (SSSR count). The van der Waals surface area contributed by atoms with Crippen molar-refractivity contribution in [2.75, 3.05) is 14.2 Å². The largest absolute Gasteiger partial charge is 0.397 e. The van der Waals surface area contributed by atoms with Crippen LogP contribution in [0.5, 0.6) is 0 Å². The zero-order valence-corrected chi connectivity index (χ0v) is 13.8. The van der Waals surface area contributed by atoms with Gasteiger partial charge in [-0.1, -0.05) is 46.0 Å². The van der Waals surface area contributed by atoms with E-state index in [4.69, 9.17) is 8.85 Å². The van der Waals surface area contributed by atoms with Crippen molar-refractivity contribution < 1.29 is 8.85 Å². The maximum atomic E-state index is 5.99. The standard InChI is InChI=1S/C15H32O2Si/c1-14(2)12-13-18(16-3,17-4)15-10-8-6-5-7-9-11-15/h14-15H,5-13H2,1-4H3. The summed E-state index contributed by atoms with van der Waals surface area (Å²) in [7, 11) is 1.81. The van der Waals surface area contributed by atoms with Crippen molar-refractivity contribution in [1.29, 1.82) is 0 Å². The molecule has 0 atom stereocenters. The molecule has 0 bridgehead atoms. The van der Waals surface area contributed by atoms with Crippen LogP contribution in [-0.2, 0) is 8.85 Å². The van der Waals surface area contributed by atoms with E-state index in [1.165, 1.54) is 57.4 Å². The molecule has 0 aliphatic heterocycles. The van der Waals surface area contributed by atoms with E-state index in [1.54, 1.807) is 0 Å². The van der Waals surface area contributed by atoms with Gasteiger partial charge in [0.2, 0.25) is 0 Å². The minimum Gasteiger partial charge on any atom is -0.397 e. The van der Waals surface area contributed by atoms with Gasteiger partial charge in [0.05, 0.1) is 0 Å². The topological polar surface area (TPSA) is 18.5 Å². The Morgan fingerprint density at radius 3 is 1.89 bits per heavy atom. The Bertz CT molecular complexity index is 207. The van der Waals surface area contributed by atoms with E-state index >= 15 is 0 Å². The Kier molecular flexibility index (Phi) is 7.50. The summed E-state index contributed by atoms with van der Waals surface area (Å²) in [6.07, 6.45) is 10.9. The molecule has 108 valence electrons. The lowest BCUT2D eigenvalue weighted by atomic mass is 10.0. The Balaban J connectivity index is 2.66. The number of hydrogen-bond donors (Lipinski definition) is 0. The van der Waals surface area contributed by atoms with E-state index in [9.17, 15) is 0 Å². The molecule has 18 heavy (non-hydrogen) atoms. The van der Waals surface area contributed by atoms with Gasteiger partial charge in [-0.05, 0) is 31.2 Å². The maximum absolute atomic E-state index is 5.99. The van der Waals surface area contributed by atoms with Gasteiger partial charge in [-0.2, -0.15) is 0 Å². The smallest absolute Gasteiger partial charge is 0.340 e. The van der Waals surface area contributed by atoms with Gasteiger partial charge in [-0.3, -0.25) is 0 Å². The molecule has 0 heterocycles. The highest BCUT2D eigenvalue weighted by Gasteiger charge is 2.43. The van der Waals surface area contributed by atoms with Crippen LogP contribution < -0.4 is 0 Å². The van der Waals surface area contributed by atoms with Gasteiger partial charge in [0.25, 0.3) is 0 Å². The van der Waals surface area contributed by atoms with E-state index in [1.807, 2.05) is 14.2 Å². The zero-order chi connectivity index (χ0) is 13.4. The average molecular weight is 273 g/mol. The van der Waals surface area contributed by atoms with Crippen LogP contribution in [0.2, 0.25) is 11.6 Å². The summed E-state index contributed by atoms with van der Waals surface area (Å²) in [5, 5.41) is 0. The second-order valence-electron chi connectivity index (χ2n) is 6.19. The van der Waals surface area contributed by atoms with Crippen LogP contribution in [-0.4, -0.2) is 22.8 Å². The van der Waals surface area contributed by atoms with Crippen LogP contribution in [0, 0.1) is 5.92 Å². The van der Waals surface area contributed by atoms with Crippen LogP contribution >= 0.6 is 0 Å². The van der Waals surface area contributed by atoms with Crippen LogP contribution in [0.1, 0.15) is 65.2 Å². The summed E-state index contributed by atoms with van der Waals surface area (Å²) in [6.45, 7) is 4.59. The van der Waals surface area contributed by atoms with E-state index in [0.717, 1.165) is 5.92 Å². The van der Waals surface area contributed by atoms with Gasteiger partial charge in [-0.15, -0.1) is 0 Å². The third kappa shape index (κ3) is 4.67. The maximum Gasteiger partial charge on any atom is 0.340 e. The van der Waals surface area contributed by atoms with Gasteiger partial charge < -0.3 is 8.85 Å². The molecule has 0 radical (unpaired) electrons. The Labute approximate surface area is 115 Å². The van der Waals surface area contributed by atoms with E-state index in [-0.39, 0.29) is 0 Å². The third-order valence-corrected chi connectivity index (χ3v) is 8.68. The van der Waals surface area contributed by atoms with Crippen LogP contribution in [0.25, 0.3) is 0 Å². The molecule has 1 aliphatic rings. The second kappa shape index (κ2) is 8.34. The fraction of sp³-hybridized carbons (Fsp3) is 1.00. The molecule has 3 heteroatoms. The van der Waals surface area contributed by atoms with Crippen molar-refractivity contribution in [3.63, 3.8) is 0 Å². The van der Waals surface area contributed by atoms with Gasteiger partial charge in [-0.25, -0.2) is 0 Å². The first-order chi connectivity index (χ1) is 8.64. The molecule has 0 spiro atoms. The van der Waals surface area contributed by atoms with Crippen molar-refractivity contribution in [1.82, 2.24) is 0 Å². The van der Waals surface area contributed by atoms with Gasteiger partial charge in [0, 0.05) is 19.8 Å². The van der Waals surface area contributed by atoms with Crippen LogP contribution in [0.3, 0.4) is 0 Å². The SMILES string of the molecule is CO[Si](CCC(C)C)(OC)C1CCCCCCC1. The third-order valence-electron chi connectivity index (χ3n) is 4.49. The summed E-state index contributed by atoms with van der Waals surface area (Å²) in [6, 6.07) is 1.17. The highest BCUT2D eigenvalue weighted by molar-refractivity contribution is 6.69. The molecule has 0 unspecified atom stereocenters. The average Bonchev–Trinajstić information content (AvgIpc) is 2.32. The lowest BCUT2D eigenvalue weighted by Gasteiger charge is -2.36. The van der Waals surface area contributed by atoms with Crippen molar-refractivity contribution in [3.8, 4) is 0 Å². The lowest BCUT2D eigenvalue weighted by Crippen LogP contribution is -2.45. The molecule has 0 amide bonds. The molecule has 0 aromatic rings. The minimum atomic E-state index is -1.96. The fourth-order valence-electron chi connectivity index (χ4n) is 3.21. The molecule has 1 fully saturated rings. The quantitative estimate of drug-likeness (QED) is 0.641. The summed E-state index contributed by atoms with van der Waals surface area (Å²) < 4.78 is 12.0. The summed E-state index contributed by atoms with van der Waals surface area (Å²) in [5.41, 5.74) is 0.714. The summed E-state index contributed by atoms with van der Waals surface area (Å²) in [4.78, 5) is 0. The van der Waals surface area contributed by atoms with Crippen molar-refractivity contribution in [2.24, 2.45) is 5.92 Å². The molecular formula is C15H32O2Si. The predicted octanol–water partition coefficient (Wildman–Crippen LogP) is 4.88. The molecule has 0 aromatic carbocycles. The number of hydrogen-bond acceptors (Lipinski definition) is 2. The van der Waals surface area contributed by atoms with Gasteiger partial charge in [0.1, 0.15) is 0 Å². The molecule has 1 aliphatic carbocycles. The Morgan fingerprint density at radius 1 is 0.944 bits per heavy atom. The van der Waals surface area contributed by atoms with Crippen molar-refractivity contribution in [2.45, 2.75) is 76.8 Å². The summed E-state index contributed by atoms with van der Waals surface area (Å²) in [5.74, 6) is 0.746. The van der Waals surface area contributed by atoms with E-state index in [2.05, 4.69) is 13.8 Å². The van der Waals surface area contributed by atoms with Crippen molar-refractivity contribution in [3.05, 3.63) is 0 Å². The van der Waals surface area contributed by atoms with E-state index in [0.29, 0.717) is 5.54 Å². The highest BCUT2D eigenvalue weighted by atomic mass is 28.4. The zero-order valence-electron chi connectivity index (χ0n) is 12.8. The molecule has 0 saturated heterocycles. The van der Waals surface area contributed by atoms with E-state index < -0.39 is 8.56 Å². The molecular weight excluding hydrogens is 240 g/mol. The highest BCUT2D eigenvalue weighted by Crippen LogP contribution is 2.39. The lowest BCUT2D eigenvalue weighted by molar-refractivity contribution is 0.216.